The third-order valence-electron chi connectivity index (χ3n) is 2.93. The van der Waals surface area contributed by atoms with Crippen LogP contribution in [0.5, 0.6) is 5.75 Å². The Balaban J connectivity index is 2.18. The molecule has 0 aromatic heterocycles. The maximum atomic E-state index is 11.8. The Kier molecular flexibility index (Phi) is 4.03. The molecule has 1 N–H and O–H groups in total. The predicted octanol–water partition coefficient (Wildman–Crippen LogP) is 2.98. The Labute approximate surface area is 108 Å². The molecule has 0 fully saturated rings. The van der Waals surface area contributed by atoms with Crippen molar-refractivity contribution in [2.24, 2.45) is 0 Å². The van der Waals surface area contributed by atoms with Crippen molar-refractivity contribution in [1.29, 1.82) is 0 Å². The van der Waals surface area contributed by atoms with Gasteiger partial charge in [0.05, 0.1) is 12.6 Å². The average Bonchev–Trinajstić information content (AvgIpc) is 2.51. The van der Waals surface area contributed by atoms with E-state index in [1.807, 2.05) is 38.1 Å². The summed E-state index contributed by atoms with van der Waals surface area (Å²) in [5, 5.41) is 3.05. The molecule has 0 saturated heterocycles. The van der Waals surface area contributed by atoms with Gasteiger partial charge < -0.3 is 10.1 Å². The summed E-state index contributed by atoms with van der Waals surface area (Å²) in [4.78, 5) is 11.8. The molecule has 1 heterocycles. The van der Waals surface area contributed by atoms with Crippen LogP contribution in [-0.2, 0) is 4.79 Å². The van der Waals surface area contributed by atoms with Gasteiger partial charge in [0, 0.05) is 11.6 Å². The largest absolute Gasteiger partial charge is 0.493 e. The van der Waals surface area contributed by atoms with E-state index in [2.05, 4.69) is 5.32 Å². The molecule has 0 saturated carbocycles. The molecule has 96 valence electrons. The standard InChI is InChI=1S/C15H19NO2/c1-11(2)10-15(17)16-13-7-5-9-18-14-8-4-3-6-12(13)14/h3-4,6,8,10,13H,5,7,9H2,1-2H3,(H,16,17)/t13-/m1/s1. The third kappa shape index (κ3) is 3.13. The summed E-state index contributed by atoms with van der Waals surface area (Å²) in [6, 6.07) is 7.97. The highest BCUT2D eigenvalue weighted by molar-refractivity contribution is 5.88. The quantitative estimate of drug-likeness (QED) is 0.813. The Morgan fingerprint density at radius 2 is 2.17 bits per heavy atom. The molecule has 1 aromatic rings. The number of carbonyl (C=O) groups is 1. The molecule has 1 atom stereocenters. The van der Waals surface area contributed by atoms with Crippen molar-refractivity contribution >= 4 is 5.91 Å². The molecular weight excluding hydrogens is 226 g/mol. The van der Waals surface area contributed by atoms with Crippen LogP contribution in [0, 0.1) is 0 Å². The lowest BCUT2D eigenvalue weighted by Crippen LogP contribution is -2.26. The predicted molar refractivity (Wildman–Crippen MR) is 71.5 cm³/mol. The van der Waals surface area contributed by atoms with E-state index in [-0.39, 0.29) is 11.9 Å². The minimum atomic E-state index is -0.0308. The molecule has 1 amide bonds. The van der Waals surface area contributed by atoms with Gasteiger partial charge in [0.2, 0.25) is 5.91 Å². The first-order valence-electron chi connectivity index (χ1n) is 6.34. The third-order valence-corrected chi connectivity index (χ3v) is 2.93. The van der Waals surface area contributed by atoms with Crippen molar-refractivity contribution in [3.63, 3.8) is 0 Å². The van der Waals surface area contributed by atoms with Crippen LogP contribution in [0.2, 0.25) is 0 Å². The van der Waals surface area contributed by atoms with Crippen molar-refractivity contribution in [2.75, 3.05) is 6.61 Å². The minimum Gasteiger partial charge on any atom is -0.493 e. The maximum absolute atomic E-state index is 11.8. The summed E-state index contributed by atoms with van der Waals surface area (Å²) < 4.78 is 5.67. The van der Waals surface area contributed by atoms with Gasteiger partial charge in [-0.2, -0.15) is 0 Å². The summed E-state index contributed by atoms with van der Waals surface area (Å²) >= 11 is 0. The highest BCUT2D eigenvalue weighted by Crippen LogP contribution is 2.30. The molecule has 2 rings (SSSR count). The molecule has 0 radical (unpaired) electrons. The van der Waals surface area contributed by atoms with E-state index in [1.165, 1.54) is 0 Å². The van der Waals surface area contributed by atoms with Crippen LogP contribution in [0.3, 0.4) is 0 Å². The lowest BCUT2D eigenvalue weighted by Gasteiger charge is -2.17. The maximum Gasteiger partial charge on any atom is 0.244 e. The van der Waals surface area contributed by atoms with Gasteiger partial charge in [-0.3, -0.25) is 4.79 Å². The zero-order valence-corrected chi connectivity index (χ0v) is 10.9. The fourth-order valence-electron chi connectivity index (χ4n) is 2.15. The SMILES string of the molecule is CC(C)=CC(=O)N[C@@H]1CCCOc2ccccc21. The van der Waals surface area contributed by atoms with E-state index >= 15 is 0 Å². The van der Waals surface area contributed by atoms with Crippen molar-refractivity contribution in [3.8, 4) is 5.75 Å². The second-order valence-corrected chi connectivity index (χ2v) is 4.81. The van der Waals surface area contributed by atoms with Crippen LogP contribution >= 0.6 is 0 Å². The first-order chi connectivity index (χ1) is 8.66. The van der Waals surface area contributed by atoms with Gasteiger partial charge in [0.15, 0.2) is 0 Å². The Hall–Kier alpha value is -1.77. The molecule has 1 aliphatic rings. The zero-order chi connectivity index (χ0) is 13.0. The highest BCUT2D eigenvalue weighted by Gasteiger charge is 2.20. The van der Waals surface area contributed by atoms with E-state index < -0.39 is 0 Å². The normalized spacial score (nSPS) is 18.0. The Morgan fingerprint density at radius 1 is 1.39 bits per heavy atom. The fourth-order valence-corrected chi connectivity index (χ4v) is 2.15. The molecule has 0 unspecified atom stereocenters. The number of hydrogen-bond acceptors (Lipinski definition) is 2. The molecule has 3 heteroatoms. The summed E-state index contributed by atoms with van der Waals surface area (Å²) in [7, 11) is 0. The van der Waals surface area contributed by atoms with E-state index in [0.29, 0.717) is 6.61 Å². The molecule has 3 nitrogen and oxygen atoms in total. The number of ether oxygens (including phenoxy) is 1. The summed E-state index contributed by atoms with van der Waals surface area (Å²) in [6.07, 6.45) is 3.50. The van der Waals surface area contributed by atoms with Crippen molar-refractivity contribution in [3.05, 3.63) is 41.5 Å². The van der Waals surface area contributed by atoms with Gasteiger partial charge in [-0.05, 0) is 32.8 Å². The van der Waals surface area contributed by atoms with Gasteiger partial charge in [0.25, 0.3) is 0 Å². The van der Waals surface area contributed by atoms with Crippen LogP contribution in [0.4, 0.5) is 0 Å². The number of amides is 1. The molecule has 0 aliphatic carbocycles. The Bertz CT molecular complexity index is 461. The second-order valence-electron chi connectivity index (χ2n) is 4.81. The highest BCUT2D eigenvalue weighted by atomic mass is 16.5. The fraction of sp³-hybridized carbons (Fsp3) is 0.400. The van der Waals surface area contributed by atoms with E-state index in [4.69, 9.17) is 4.74 Å². The molecule has 1 aliphatic heterocycles. The van der Waals surface area contributed by atoms with Crippen LogP contribution in [0.25, 0.3) is 0 Å². The van der Waals surface area contributed by atoms with Gasteiger partial charge >= 0.3 is 0 Å². The van der Waals surface area contributed by atoms with Crippen LogP contribution in [0.1, 0.15) is 38.3 Å². The first-order valence-corrected chi connectivity index (χ1v) is 6.34. The summed E-state index contributed by atoms with van der Waals surface area (Å²) in [5.74, 6) is 0.856. The van der Waals surface area contributed by atoms with Gasteiger partial charge in [-0.15, -0.1) is 0 Å². The number of allylic oxidation sites excluding steroid dienone is 1. The number of carbonyl (C=O) groups excluding carboxylic acids is 1. The number of fused-ring (bicyclic) bond motifs is 1. The summed E-state index contributed by atoms with van der Waals surface area (Å²) in [6.45, 7) is 4.56. The number of rotatable bonds is 2. The number of hydrogen-bond donors (Lipinski definition) is 1. The van der Waals surface area contributed by atoms with E-state index in [9.17, 15) is 4.79 Å². The molecule has 0 bridgehead atoms. The van der Waals surface area contributed by atoms with Gasteiger partial charge in [0.1, 0.15) is 5.75 Å². The Morgan fingerprint density at radius 3 is 2.94 bits per heavy atom. The smallest absolute Gasteiger partial charge is 0.244 e. The van der Waals surface area contributed by atoms with E-state index in [1.54, 1.807) is 6.08 Å². The lowest BCUT2D eigenvalue weighted by atomic mass is 10.0. The number of para-hydroxylation sites is 1. The lowest BCUT2D eigenvalue weighted by molar-refractivity contribution is -0.117. The summed E-state index contributed by atoms with van der Waals surface area (Å²) in [5.41, 5.74) is 2.08. The van der Waals surface area contributed by atoms with Crippen LogP contribution < -0.4 is 10.1 Å². The monoisotopic (exact) mass is 245 g/mol. The minimum absolute atomic E-state index is 0.0308. The van der Waals surface area contributed by atoms with Crippen molar-refractivity contribution in [2.45, 2.75) is 32.7 Å². The van der Waals surface area contributed by atoms with Gasteiger partial charge in [-0.1, -0.05) is 23.8 Å². The molecule has 0 spiro atoms. The van der Waals surface area contributed by atoms with E-state index in [0.717, 1.165) is 29.7 Å². The molecular formula is C15H19NO2. The van der Waals surface area contributed by atoms with Gasteiger partial charge in [-0.25, -0.2) is 0 Å². The first kappa shape index (κ1) is 12.7. The number of nitrogens with one attached hydrogen (secondary N) is 1. The van der Waals surface area contributed by atoms with Crippen LogP contribution in [0.15, 0.2) is 35.9 Å². The molecule has 18 heavy (non-hydrogen) atoms. The zero-order valence-electron chi connectivity index (χ0n) is 10.9. The van der Waals surface area contributed by atoms with Crippen molar-refractivity contribution in [1.82, 2.24) is 5.32 Å². The van der Waals surface area contributed by atoms with Crippen LogP contribution in [-0.4, -0.2) is 12.5 Å². The second kappa shape index (κ2) is 5.71. The van der Waals surface area contributed by atoms with Crippen molar-refractivity contribution < 1.29 is 9.53 Å². The number of benzene rings is 1. The topological polar surface area (TPSA) is 38.3 Å². The molecule has 1 aromatic carbocycles. The average molecular weight is 245 g/mol.